The van der Waals surface area contributed by atoms with Crippen LogP contribution in [-0.4, -0.2) is 27.5 Å². The Kier molecular flexibility index (Phi) is 5.19. The summed E-state index contributed by atoms with van der Waals surface area (Å²) < 4.78 is 51.3. The number of para-hydroxylation sites is 1. The Morgan fingerprint density at radius 1 is 1.16 bits per heavy atom. The molecular weight excluding hydrogens is 350 g/mol. The van der Waals surface area contributed by atoms with Gasteiger partial charge in [-0.1, -0.05) is 28.2 Å². The van der Waals surface area contributed by atoms with Gasteiger partial charge in [0, 0.05) is 25.7 Å². The number of nitrogens with zero attached hydrogens (tertiary/aromatic N) is 1. The highest BCUT2D eigenvalue weighted by Crippen LogP contribution is 2.23. The van der Waals surface area contributed by atoms with Gasteiger partial charge in [0.15, 0.2) is 0 Å². The average molecular weight is 368 g/mol. The van der Waals surface area contributed by atoms with Crippen molar-refractivity contribution in [2.24, 2.45) is 0 Å². The zero-order valence-electron chi connectivity index (χ0n) is 13.4. The molecule has 1 fully saturated rings. The Morgan fingerprint density at radius 3 is 2.56 bits per heavy atom. The first-order chi connectivity index (χ1) is 11.9. The van der Waals surface area contributed by atoms with Gasteiger partial charge in [-0.3, -0.25) is 0 Å². The molecule has 1 heterocycles. The quantitative estimate of drug-likeness (QED) is 0.795. The van der Waals surface area contributed by atoms with Gasteiger partial charge in [-0.15, -0.1) is 0 Å². The monoisotopic (exact) mass is 368 g/mol. The molecule has 0 aliphatic carbocycles. The standard InChI is InChI=1S/C17H18F2N2O3S/c18-16-3-1-2-4-17(16)21-10-9-14(12-21)20-11-13-5-7-15(8-6-13)24-25(19,22)23/h1-8,14,20H,9-12H2. The van der Waals surface area contributed by atoms with E-state index in [-0.39, 0.29) is 17.6 Å². The summed E-state index contributed by atoms with van der Waals surface area (Å²) in [6, 6.07) is 13.1. The van der Waals surface area contributed by atoms with Gasteiger partial charge in [0.05, 0.1) is 5.69 Å². The van der Waals surface area contributed by atoms with Crippen LogP contribution >= 0.6 is 0 Å². The molecule has 0 bridgehead atoms. The van der Waals surface area contributed by atoms with Crippen LogP contribution in [-0.2, 0) is 17.0 Å². The summed E-state index contributed by atoms with van der Waals surface area (Å²) in [5, 5.41) is 3.39. The van der Waals surface area contributed by atoms with Gasteiger partial charge >= 0.3 is 10.5 Å². The van der Waals surface area contributed by atoms with Crippen LogP contribution in [0.4, 0.5) is 14.0 Å². The molecule has 1 N–H and O–H groups in total. The molecule has 0 spiro atoms. The molecule has 1 aliphatic heterocycles. The lowest BCUT2D eigenvalue weighted by Gasteiger charge is -2.19. The van der Waals surface area contributed by atoms with E-state index in [0.29, 0.717) is 18.8 Å². The lowest BCUT2D eigenvalue weighted by atomic mass is 10.2. The van der Waals surface area contributed by atoms with Crippen LogP contribution in [0.1, 0.15) is 12.0 Å². The number of rotatable bonds is 6. The number of benzene rings is 2. The molecule has 25 heavy (non-hydrogen) atoms. The first-order valence-electron chi connectivity index (χ1n) is 7.86. The molecule has 8 heteroatoms. The third-order valence-electron chi connectivity index (χ3n) is 4.10. The zero-order valence-corrected chi connectivity index (χ0v) is 14.2. The number of hydrogen-bond donors (Lipinski definition) is 1. The van der Waals surface area contributed by atoms with E-state index >= 15 is 0 Å². The number of hydrogen-bond acceptors (Lipinski definition) is 5. The van der Waals surface area contributed by atoms with E-state index in [1.807, 2.05) is 11.0 Å². The fourth-order valence-electron chi connectivity index (χ4n) is 2.89. The molecule has 2 aromatic rings. The summed E-state index contributed by atoms with van der Waals surface area (Å²) in [6.45, 7) is 2.06. The minimum Gasteiger partial charge on any atom is -0.368 e. The molecule has 134 valence electrons. The van der Waals surface area contributed by atoms with Crippen LogP contribution in [0.25, 0.3) is 0 Å². The number of anilines is 1. The van der Waals surface area contributed by atoms with Crippen LogP contribution in [0.15, 0.2) is 48.5 Å². The van der Waals surface area contributed by atoms with Crippen LogP contribution in [0, 0.1) is 5.82 Å². The minimum absolute atomic E-state index is 0.0714. The molecule has 5 nitrogen and oxygen atoms in total. The van der Waals surface area contributed by atoms with Crippen molar-refractivity contribution >= 4 is 16.2 Å². The molecular formula is C17H18F2N2O3S. The van der Waals surface area contributed by atoms with Crippen molar-refractivity contribution in [1.82, 2.24) is 5.32 Å². The van der Waals surface area contributed by atoms with Gasteiger partial charge in [-0.25, -0.2) is 4.39 Å². The van der Waals surface area contributed by atoms with Crippen LogP contribution in [0.5, 0.6) is 5.75 Å². The predicted molar refractivity (Wildman–Crippen MR) is 91.0 cm³/mol. The topological polar surface area (TPSA) is 58.6 Å². The van der Waals surface area contributed by atoms with Gasteiger partial charge in [-0.2, -0.15) is 8.42 Å². The van der Waals surface area contributed by atoms with E-state index in [1.54, 1.807) is 24.3 Å². The SMILES string of the molecule is O=S(=O)(F)Oc1ccc(CNC2CCN(c3ccccc3F)C2)cc1. The summed E-state index contributed by atoms with van der Waals surface area (Å²) in [5.41, 5.74) is 1.52. The second kappa shape index (κ2) is 7.37. The van der Waals surface area contributed by atoms with Crippen molar-refractivity contribution in [3.63, 3.8) is 0 Å². The minimum atomic E-state index is -5.00. The molecule has 1 unspecified atom stereocenters. The molecule has 2 aromatic carbocycles. The van der Waals surface area contributed by atoms with Gasteiger partial charge in [0.2, 0.25) is 0 Å². The third-order valence-corrected chi connectivity index (χ3v) is 4.49. The molecule has 1 atom stereocenters. The highest BCUT2D eigenvalue weighted by atomic mass is 32.3. The average Bonchev–Trinajstić information content (AvgIpc) is 3.02. The largest absolute Gasteiger partial charge is 0.488 e. The van der Waals surface area contributed by atoms with Crippen LogP contribution < -0.4 is 14.4 Å². The van der Waals surface area contributed by atoms with E-state index in [4.69, 9.17) is 0 Å². The maximum absolute atomic E-state index is 13.8. The fraction of sp³-hybridized carbons (Fsp3) is 0.294. The maximum Gasteiger partial charge on any atom is 0.488 e. The highest BCUT2D eigenvalue weighted by Gasteiger charge is 2.23. The Hall–Kier alpha value is -2.19. The summed E-state index contributed by atoms with van der Waals surface area (Å²) in [5.74, 6) is -0.292. The Balaban J connectivity index is 1.52. The fourth-order valence-corrected chi connectivity index (χ4v) is 3.23. The molecule has 0 saturated carbocycles. The number of nitrogens with one attached hydrogen (secondary N) is 1. The van der Waals surface area contributed by atoms with E-state index in [1.165, 1.54) is 18.2 Å². The first-order valence-corrected chi connectivity index (χ1v) is 9.17. The Labute approximate surface area is 145 Å². The molecule has 1 aliphatic rings. The lowest BCUT2D eigenvalue weighted by molar-refractivity contribution is 0.440. The van der Waals surface area contributed by atoms with E-state index in [2.05, 4.69) is 9.50 Å². The Bertz CT molecular complexity index is 828. The van der Waals surface area contributed by atoms with Crippen molar-refractivity contribution in [2.75, 3.05) is 18.0 Å². The first kappa shape index (κ1) is 17.6. The van der Waals surface area contributed by atoms with E-state index < -0.39 is 10.5 Å². The van der Waals surface area contributed by atoms with Crippen LogP contribution in [0.2, 0.25) is 0 Å². The lowest BCUT2D eigenvalue weighted by Crippen LogP contribution is -2.32. The van der Waals surface area contributed by atoms with Crippen LogP contribution in [0.3, 0.4) is 0 Å². The van der Waals surface area contributed by atoms with E-state index in [0.717, 1.165) is 18.5 Å². The van der Waals surface area contributed by atoms with Crippen molar-refractivity contribution in [2.45, 2.75) is 19.0 Å². The molecule has 0 aromatic heterocycles. The van der Waals surface area contributed by atoms with E-state index in [9.17, 15) is 16.7 Å². The molecule has 3 rings (SSSR count). The second-order valence-electron chi connectivity index (χ2n) is 5.88. The van der Waals surface area contributed by atoms with Gasteiger partial charge in [-0.05, 0) is 36.2 Å². The molecule has 1 saturated heterocycles. The van der Waals surface area contributed by atoms with Gasteiger partial charge in [0.25, 0.3) is 0 Å². The smallest absolute Gasteiger partial charge is 0.368 e. The van der Waals surface area contributed by atoms with Crippen molar-refractivity contribution in [3.8, 4) is 5.75 Å². The maximum atomic E-state index is 13.8. The number of halogens is 2. The summed E-state index contributed by atoms with van der Waals surface area (Å²) >= 11 is 0. The van der Waals surface area contributed by atoms with Crippen molar-refractivity contribution in [1.29, 1.82) is 0 Å². The summed E-state index contributed by atoms with van der Waals surface area (Å²) in [7, 11) is -5.00. The second-order valence-corrected chi connectivity index (χ2v) is 6.84. The van der Waals surface area contributed by atoms with Crippen molar-refractivity contribution < 1.29 is 20.9 Å². The normalized spacial score (nSPS) is 17.7. The van der Waals surface area contributed by atoms with Gasteiger partial charge in [0.1, 0.15) is 11.6 Å². The Morgan fingerprint density at radius 2 is 1.88 bits per heavy atom. The predicted octanol–water partition coefficient (Wildman–Crippen LogP) is 2.79. The molecule has 0 radical (unpaired) electrons. The summed E-state index contributed by atoms with van der Waals surface area (Å²) in [6.07, 6.45) is 0.898. The van der Waals surface area contributed by atoms with Gasteiger partial charge < -0.3 is 14.4 Å². The summed E-state index contributed by atoms with van der Waals surface area (Å²) in [4.78, 5) is 2.01. The molecule has 0 amide bonds. The third kappa shape index (κ3) is 4.90. The zero-order chi connectivity index (χ0) is 17.9. The van der Waals surface area contributed by atoms with Crippen molar-refractivity contribution in [3.05, 3.63) is 59.9 Å². The highest BCUT2D eigenvalue weighted by molar-refractivity contribution is 7.81.